The third-order valence-corrected chi connectivity index (χ3v) is 7.36. The number of aromatic nitrogens is 2. The topological polar surface area (TPSA) is 140 Å². The van der Waals surface area contributed by atoms with E-state index in [9.17, 15) is 19.8 Å². The zero-order valence-corrected chi connectivity index (χ0v) is 23.7. The number of nitrogens with zero attached hydrogens (tertiary/aromatic N) is 2. The fourth-order valence-corrected chi connectivity index (χ4v) is 5.07. The van der Waals surface area contributed by atoms with Crippen LogP contribution in [0.1, 0.15) is 27.5 Å². The number of allylic oxidation sites excluding steroid dienone is 1. The molecular weight excluding hydrogens is 554 g/mol. The van der Waals surface area contributed by atoms with Crippen LogP contribution in [0.5, 0.6) is 0 Å². The highest BCUT2D eigenvalue weighted by Crippen LogP contribution is 2.31. The number of furan rings is 1. The maximum Gasteiger partial charge on any atom is 0.335 e. The van der Waals surface area contributed by atoms with Gasteiger partial charge in [0.25, 0.3) is 0 Å². The Morgan fingerprint density at radius 2 is 1.45 bits per heavy atom. The van der Waals surface area contributed by atoms with E-state index in [1.54, 1.807) is 6.20 Å². The molecule has 3 aromatic heterocycles. The van der Waals surface area contributed by atoms with Gasteiger partial charge in [-0.2, -0.15) is 0 Å². The molecule has 0 bridgehead atoms. The van der Waals surface area contributed by atoms with E-state index >= 15 is 0 Å². The molecule has 0 unspecified atom stereocenters. The third-order valence-electron chi connectivity index (χ3n) is 7.36. The Hall–Kier alpha value is -6.02. The van der Waals surface area contributed by atoms with Crippen molar-refractivity contribution in [1.82, 2.24) is 9.97 Å². The van der Waals surface area contributed by atoms with Crippen molar-refractivity contribution in [1.29, 1.82) is 0 Å². The number of aryl methyl sites for hydroxylation is 1. The van der Waals surface area contributed by atoms with Gasteiger partial charge in [-0.05, 0) is 106 Å². The number of carboxylic acids is 2. The van der Waals surface area contributed by atoms with E-state index in [1.165, 1.54) is 30.5 Å². The fraction of sp³-hybridized carbons (Fsp3) is 0.0556. The van der Waals surface area contributed by atoms with Crippen molar-refractivity contribution in [3.05, 3.63) is 138 Å². The van der Waals surface area contributed by atoms with Gasteiger partial charge < -0.3 is 20.4 Å². The normalized spacial score (nSPS) is 12.1. The molecule has 0 aliphatic carbocycles. The summed E-state index contributed by atoms with van der Waals surface area (Å²) in [6.45, 7) is 1.93. The van der Waals surface area contributed by atoms with Crippen LogP contribution < -0.4 is 5.73 Å². The summed E-state index contributed by atoms with van der Waals surface area (Å²) in [5.41, 5.74) is 10.3. The van der Waals surface area contributed by atoms with Crippen LogP contribution in [0.3, 0.4) is 0 Å². The van der Waals surface area contributed by atoms with E-state index < -0.39 is 11.9 Å². The van der Waals surface area contributed by atoms with Gasteiger partial charge in [0.05, 0.1) is 22.5 Å². The van der Waals surface area contributed by atoms with E-state index in [0.717, 1.165) is 49.8 Å². The van der Waals surface area contributed by atoms with Crippen LogP contribution in [0.15, 0.2) is 119 Å². The Morgan fingerprint density at radius 3 is 2.14 bits per heavy atom. The Labute approximate surface area is 252 Å². The number of aliphatic carboxylic acids is 1. The molecule has 0 saturated heterocycles. The van der Waals surface area contributed by atoms with Crippen LogP contribution in [0, 0.1) is 6.92 Å². The number of fused-ring (bicyclic) bond motifs is 2. The second kappa shape index (κ2) is 11.7. The first-order chi connectivity index (χ1) is 21.2. The van der Waals surface area contributed by atoms with Crippen molar-refractivity contribution in [3.8, 4) is 22.5 Å². The number of carbonyl (C=O) groups is 2. The van der Waals surface area contributed by atoms with Gasteiger partial charge in [-0.3, -0.25) is 9.97 Å². The standard InChI is InChI=1S/C36H27N3O5/c1-21-2-9-34(44-21)26-6-5-24-15-29-14-22(3-4-23(29)16-30(24)17-26)25-10-13-39-33(20-25)32(37)19-27(35(40)41)7-8-31-18-28(36(42)43)11-12-38-31/h2-7,9-20H,8,37H2,1H3,(H,40,41)(H,42,43)/b27-7+,32-19-. The number of carboxylic acid groups (broad SMARTS) is 2. The van der Waals surface area contributed by atoms with Crippen molar-refractivity contribution in [2.75, 3.05) is 0 Å². The van der Waals surface area contributed by atoms with E-state index in [1.807, 2.05) is 37.3 Å². The van der Waals surface area contributed by atoms with Crippen molar-refractivity contribution in [3.63, 3.8) is 0 Å². The number of rotatable bonds is 8. The van der Waals surface area contributed by atoms with Gasteiger partial charge in [0.2, 0.25) is 0 Å². The molecule has 0 fully saturated rings. The monoisotopic (exact) mass is 581 g/mol. The van der Waals surface area contributed by atoms with E-state index in [0.29, 0.717) is 11.4 Å². The molecule has 216 valence electrons. The lowest BCUT2D eigenvalue weighted by Crippen LogP contribution is -2.05. The number of pyridine rings is 2. The summed E-state index contributed by atoms with van der Waals surface area (Å²) >= 11 is 0. The van der Waals surface area contributed by atoms with E-state index in [-0.39, 0.29) is 23.3 Å². The van der Waals surface area contributed by atoms with Crippen LogP contribution in [0.25, 0.3) is 49.7 Å². The molecule has 0 spiro atoms. The van der Waals surface area contributed by atoms with Gasteiger partial charge in [0.1, 0.15) is 11.5 Å². The second-order valence-electron chi connectivity index (χ2n) is 10.4. The molecule has 0 aliphatic rings. The van der Waals surface area contributed by atoms with Crippen LogP contribution in [-0.2, 0) is 11.2 Å². The summed E-state index contributed by atoms with van der Waals surface area (Å²) in [6.07, 6.45) is 5.93. The van der Waals surface area contributed by atoms with Gasteiger partial charge in [-0.15, -0.1) is 0 Å². The molecule has 44 heavy (non-hydrogen) atoms. The fourth-order valence-electron chi connectivity index (χ4n) is 5.07. The molecule has 0 atom stereocenters. The van der Waals surface area contributed by atoms with Crippen LogP contribution in [0.4, 0.5) is 0 Å². The summed E-state index contributed by atoms with van der Waals surface area (Å²) in [5.74, 6) is -0.540. The molecule has 6 rings (SSSR count). The SMILES string of the molecule is Cc1ccc(-c2ccc3cc4cc(-c5ccnc(/C(N)=C/C(=C\Cc6cc(C(=O)O)ccn6)C(=O)O)c5)ccc4cc3c2)o1. The lowest BCUT2D eigenvalue weighted by molar-refractivity contribution is -0.132. The molecule has 0 saturated carbocycles. The molecule has 3 aromatic carbocycles. The minimum atomic E-state index is -1.17. The third kappa shape index (κ3) is 5.96. The molecular formula is C36H27N3O5. The zero-order valence-electron chi connectivity index (χ0n) is 23.7. The molecule has 0 amide bonds. The molecule has 8 heteroatoms. The van der Waals surface area contributed by atoms with Crippen LogP contribution >= 0.6 is 0 Å². The first kappa shape index (κ1) is 28.1. The van der Waals surface area contributed by atoms with Crippen molar-refractivity contribution in [2.45, 2.75) is 13.3 Å². The highest BCUT2D eigenvalue weighted by atomic mass is 16.4. The second-order valence-corrected chi connectivity index (χ2v) is 10.4. The highest BCUT2D eigenvalue weighted by molar-refractivity contribution is 6.01. The maximum atomic E-state index is 12.0. The molecule has 0 radical (unpaired) electrons. The minimum Gasteiger partial charge on any atom is -0.478 e. The zero-order chi connectivity index (χ0) is 30.8. The first-order valence-corrected chi connectivity index (χ1v) is 13.8. The predicted octanol–water partition coefficient (Wildman–Crippen LogP) is 7.27. The number of nitrogens with two attached hydrogens (primary N) is 1. The quantitative estimate of drug-likeness (QED) is 0.0969. The molecule has 6 aromatic rings. The average Bonchev–Trinajstić information content (AvgIpc) is 3.47. The first-order valence-electron chi connectivity index (χ1n) is 13.8. The Bertz CT molecular complexity index is 2140. The number of hydrogen-bond acceptors (Lipinski definition) is 6. The lowest BCUT2D eigenvalue weighted by atomic mass is 9.97. The van der Waals surface area contributed by atoms with Gasteiger partial charge in [0.15, 0.2) is 0 Å². The van der Waals surface area contributed by atoms with Gasteiger partial charge in [0, 0.05) is 30.1 Å². The highest BCUT2D eigenvalue weighted by Gasteiger charge is 2.11. The summed E-state index contributed by atoms with van der Waals surface area (Å²) < 4.78 is 5.80. The van der Waals surface area contributed by atoms with Gasteiger partial charge in [-0.1, -0.05) is 30.3 Å². The van der Waals surface area contributed by atoms with Crippen LogP contribution in [-0.4, -0.2) is 32.1 Å². The summed E-state index contributed by atoms with van der Waals surface area (Å²) in [4.78, 5) is 31.7. The summed E-state index contributed by atoms with van der Waals surface area (Å²) in [7, 11) is 0. The number of aromatic carboxylic acids is 1. The minimum absolute atomic E-state index is 0.0554. The van der Waals surface area contributed by atoms with Gasteiger partial charge in [-0.25, -0.2) is 9.59 Å². The Morgan fingerprint density at radius 1 is 0.773 bits per heavy atom. The smallest absolute Gasteiger partial charge is 0.335 e. The lowest BCUT2D eigenvalue weighted by Gasteiger charge is -2.09. The maximum absolute atomic E-state index is 12.0. The predicted molar refractivity (Wildman–Crippen MR) is 170 cm³/mol. The van der Waals surface area contributed by atoms with Crippen LogP contribution in [0.2, 0.25) is 0 Å². The van der Waals surface area contributed by atoms with Crippen molar-refractivity contribution in [2.24, 2.45) is 5.73 Å². The largest absolute Gasteiger partial charge is 0.478 e. The van der Waals surface area contributed by atoms with E-state index in [4.69, 9.17) is 10.2 Å². The molecule has 4 N–H and O–H groups in total. The molecule has 0 aliphatic heterocycles. The molecule has 8 nitrogen and oxygen atoms in total. The average molecular weight is 582 g/mol. The van der Waals surface area contributed by atoms with Crippen molar-refractivity contribution >= 4 is 39.2 Å². The van der Waals surface area contributed by atoms with E-state index in [2.05, 4.69) is 52.4 Å². The molecule has 3 heterocycles. The van der Waals surface area contributed by atoms with Crippen molar-refractivity contribution < 1.29 is 24.2 Å². The number of benzene rings is 3. The summed E-state index contributed by atoms with van der Waals surface area (Å²) in [6, 6.07) is 27.3. The summed E-state index contributed by atoms with van der Waals surface area (Å²) in [5, 5.41) is 23.4. The van der Waals surface area contributed by atoms with Gasteiger partial charge >= 0.3 is 11.9 Å². The Balaban J connectivity index is 1.28. The number of hydrogen-bond donors (Lipinski definition) is 3. The Kier molecular flexibility index (Phi) is 7.47.